The molecule has 2 N–H and O–H groups in total. The zero-order valence-corrected chi connectivity index (χ0v) is 12.4. The zero-order valence-electron chi connectivity index (χ0n) is 10.8. The van der Waals surface area contributed by atoms with Gasteiger partial charge in [-0.3, -0.25) is 4.90 Å². The van der Waals surface area contributed by atoms with Crippen LogP contribution in [-0.4, -0.2) is 30.9 Å². The van der Waals surface area contributed by atoms with Crippen molar-refractivity contribution in [1.82, 2.24) is 4.90 Å². The third kappa shape index (κ3) is 4.36. The van der Waals surface area contributed by atoms with Crippen LogP contribution in [0.1, 0.15) is 12.0 Å². The van der Waals surface area contributed by atoms with Crippen LogP contribution in [0, 0.1) is 5.92 Å². The molecule has 1 fully saturated rings. The molecule has 7 heteroatoms. The molecular weight excluding hydrogens is 337 g/mol. The Balaban J connectivity index is 1.99. The van der Waals surface area contributed by atoms with Crippen molar-refractivity contribution in [2.45, 2.75) is 19.3 Å². The maximum Gasteiger partial charge on any atom is 0.573 e. The first kappa shape index (κ1) is 15.6. The predicted molar refractivity (Wildman–Crippen MR) is 73.3 cm³/mol. The molecule has 1 aliphatic heterocycles. The average molecular weight is 353 g/mol. The molecule has 0 aromatic heterocycles. The van der Waals surface area contributed by atoms with E-state index >= 15 is 0 Å². The van der Waals surface area contributed by atoms with Crippen LogP contribution < -0.4 is 10.5 Å². The molecule has 0 amide bonds. The van der Waals surface area contributed by atoms with Crippen LogP contribution in [0.5, 0.6) is 5.75 Å². The molecule has 0 aliphatic carbocycles. The van der Waals surface area contributed by atoms with Gasteiger partial charge in [0.15, 0.2) is 0 Å². The number of nitrogens with zero attached hydrogens (tertiary/aromatic N) is 1. The lowest BCUT2D eigenvalue weighted by atomic mass is 10.1. The van der Waals surface area contributed by atoms with Crippen molar-refractivity contribution in [2.24, 2.45) is 11.7 Å². The van der Waals surface area contributed by atoms with E-state index in [1.54, 1.807) is 12.1 Å². The summed E-state index contributed by atoms with van der Waals surface area (Å²) in [4.78, 5) is 2.25. The number of hydrogen-bond acceptors (Lipinski definition) is 3. The molecule has 1 aromatic rings. The van der Waals surface area contributed by atoms with Crippen LogP contribution in [0.25, 0.3) is 0 Å². The smallest absolute Gasteiger partial charge is 0.405 e. The summed E-state index contributed by atoms with van der Waals surface area (Å²) >= 11 is 3.11. The number of benzene rings is 1. The Bertz CT molecular complexity index is 467. The van der Waals surface area contributed by atoms with Crippen molar-refractivity contribution < 1.29 is 17.9 Å². The van der Waals surface area contributed by atoms with Gasteiger partial charge in [-0.1, -0.05) is 6.07 Å². The summed E-state index contributed by atoms with van der Waals surface area (Å²) in [6.45, 7) is 3.30. The molecule has 1 unspecified atom stereocenters. The molecule has 2 rings (SSSR count). The Morgan fingerprint density at radius 1 is 1.40 bits per heavy atom. The lowest BCUT2D eigenvalue weighted by molar-refractivity contribution is -0.274. The third-order valence-electron chi connectivity index (χ3n) is 3.33. The minimum absolute atomic E-state index is 0.220. The van der Waals surface area contributed by atoms with E-state index in [2.05, 4.69) is 25.6 Å². The molecular formula is C13H16BrF3N2O. The average Bonchev–Trinajstić information content (AvgIpc) is 2.79. The number of rotatable bonds is 4. The molecule has 112 valence electrons. The van der Waals surface area contributed by atoms with E-state index in [9.17, 15) is 13.2 Å². The Morgan fingerprint density at radius 2 is 2.15 bits per heavy atom. The number of likely N-dealkylation sites (tertiary alicyclic amines) is 1. The maximum atomic E-state index is 12.2. The summed E-state index contributed by atoms with van der Waals surface area (Å²) < 4.78 is 40.7. The summed E-state index contributed by atoms with van der Waals surface area (Å²) in [6, 6.07) is 4.65. The molecule has 0 spiro atoms. The molecule has 0 bridgehead atoms. The van der Waals surface area contributed by atoms with Crippen LogP contribution in [0.3, 0.4) is 0 Å². The maximum absolute atomic E-state index is 12.2. The zero-order chi connectivity index (χ0) is 14.8. The van der Waals surface area contributed by atoms with Gasteiger partial charge in [-0.2, -0.15) is 0 Å². The molecule has 1 saturated heterocycles. The lowest BCUT2D eigenvalue weighted by Gasteiger charge is -2.17. The van der Waals surface area contributed by atoms with E-state index in [0.29, 0.717) is 23.5 Å². The van der Waals surface area contributed by atoms with Gasteiger partial charge < -0.3 is 10.5 Å². The van der Waals surface area contributed by atoms with Gasteiger partial charge in [0, 0.05) is 13.1 Å². The van der Waals surface area contributed by atoms with Crippen molar-refractivity contribution in [2.75, 3.05) is 19.6 Å². The summed E-state index contributed by atoms with van der Waals surface area (Å²) in [5, 5.41) is 0. The Labute approximate surface area is 124 Å². The van der Waals surface area contributed by atoms with Gasteiger partial charge in [0.25, 0.3) is 0 Å². The quantitative estimate of drug-likeness (QED) is 0.904. The number of ether oxygens (including phenoxy) is 1. The Hall–Kier alpha value is -0.790. The molecule has 1 heterocycles. The highest BCUT2D eigenvalue weighted by Gasteiger charge is 2.32. The minimum atomic E-state index is -4.67. The molecule has 3 nitrogen and oxygen atoms in total. The second-order valence-electron chi connectivity index (χ2n) is 4.94. The topological polar surface area (TPSA) is 38.5 Å². The minimum Gasteiger partial charge on any atom is -0.405 e. The standard InChI is InChI=1S/C13H16BrF3N2O/c14-11-5-9(1-2-12(11)20-13(15,16)17)7-19-4-3-10(6-18)8-19/h1-2,5,10H,3-4,6-8,18H2. The van der Waals surface area contributed by atoms with Crippen LogP contribution in [0.4, 0.5) is 13.2 Å². The highest BCUT2D eigenvalue weighted by Crippen LogP contribution is 2.31. The van der Waals surface area contributed by atoms with E-state index < -0.39 is 6.36 Å². The van der Waals surface area contributed by atoms with Crippen molar-refractivity contribution in [3.63, 3.8) is 0 Å². The molecule has 1 aromatic carbocycles. The Morgan fingerprint density at radius 3 is 2.70 bits per heavy atom. The largest absolute Gasteiger partial charge is 0.573 e. The second-order valence-corrected chi connectivity index (χ2v) is 5.79. The first-order valence-electron chi connectivity index (χ1n) is 6.34. The van der Waals surface area contributed by atoms with Crippen LogP contribution in [-0.2, 0) is 6.54 Å². The second kappa shape index (κ2) is 6.32. The fourth-order valence-corrected chi connectivity index (χ4v) is 2.86. The first-order valence-corrected chi connectivity index (χ1v) is 7.13. The van der Waals surface area contributed by atoms with E-state index in [-0.39, 0.29) is 5.75 Å². The van der Waals surface area contributed by atoms with Crippen molar-refractivity contribution in [1.29, 1.82) is 0 Å². The number of alkyl halides is 3. The fraction of sp³-hybridized carbons (Fsp3) is 0.538. The fourth-order valence-electron chi connectivity index (χ4n) is 2.36. The van der Waals surface area contributed by atoms with Crippen LogP contribution in [0.2, 0.25) is 0 Å². The summed E-state index contributed by atoms with van der Waals surface area (Å²) in [6.07, 6.45) is -3.60. The number of nitrogens with two attached hydrogens (primary N) is 1. The van der Waals surface area contributed by atoms with Gasteiger partial charge in [0.1, 0.15) is 5.75 Å². The number of halogens is 4. The van der Waals surface area contributed by atoms with E-state index in [4.69, 9.17) is 5.73 Å². The van der Waals surface area contributed by atoms with Gasteiger partial charge in [0.2, 0.25) is 0 Å². The summed E-state index contributed by atoms with van der Waals surface area (Å²) in [7, 11) is 0. The normalized spacial score (nSPS) is 20.4. The molecule has 0 saturated carbocycles. The van der Waals surface area contributed by atoms with Gasteiger partial charge in [-0.15, -0.1) is 13.2 Å². The molecule has 1 atom stereocenters. The van der Waals surface area contributed by atoms with Crippen molar-refractivity contribution in [3.05, 3.63) is 28.2 Å². The summed E-state index contributed by atoms with van der Waals surface area (Å²) in [5.74, 6) is 0.300. The molecule has 0 radical (unpaired) electrons. The molecule has 1 aliphatic rings. The van der Waals surface area contributed by atoms with Crippen LogP contribution in [0.15, 0.2) is 22.7 Å². The van der Waals surface area contributed by atoms with Gasteiger partial charge in [-0.05, 0) is 59.1 Å². The third-order valence-corrected chi connectivity index (χ3v) is 3.95. The predicted octanol–water partition coefficient (Wildman–Crippen LogP) is 3.13. The van der Waals surface area contributed by atoms with Crippen LogP contribution >= 0.6 is 15.9 Å². The number of hydrogen-bond donors (Lipinski definition) is 1. The highest BCUT2D eigenvalue weighted by atomic mass is 79.9. The van der Waals surface area contributed by atoms with Gasteiger partial charge >= 0.3 is 6.36 Å². The molecule has 20 heavy (non-hydrogen) atoms. The Kier molecular flexibility index (Phi) is 4.93. The van der Waals surface area contributed by atoms with Crippen molar-refractivity contribution in [3.8, 4) is 5.75 Å². The van der Waals surface area contributed by atoms with Crippen molar-refractivity contribution >= 4 is 15.9 Å². The SMILES string of the molecule is NCC1CCN(Cc2ccc(OC(F)(F)F)c(Br)c2)C1. The van der Waals surface area contributed by atoms with Gasteiger partial charge in [-0.25, -0.2) is 0 Å². The summed E-state index contributed by atoms with van der Waals surface area (Å²) in [5.41, 5.74) is 6.58. The lowest BCUT2D eigenvalue weighted by Crippen LogP contribution is -2.22. The van der Waals surface area contributed by atoms with E-state index in [1.807, 2.05) is 0 Å². The first-order chi connectivity index (χ1) is 9.37. The van der Waals surface area contributed by atoms with E-state index in [0.717, 1.165) is 25.1 Å². The highest BCUT2D eigenvalue weighted by molar-refractivity contribution is 9.10. The van der Waals surface area contributed by atoms with E-state index in [1.165, 1.54) is 6.07 Å². The van der Waals surface area contributed by atoms with Gasteiger partial charge in [0.05, 0.1) is 4.47 Å². The monoisotopic (exact) mass is 352 g/mol.